The number of nitrogens with zero attached hydrogens (tertiary/aromatic N) is 2. The van der Waals surface area contributed by atoms with E-state index in [0.717, 1.165) is 17.4 Å². The van der Waals surface area contributed by atoms with Crippen molar-refractivity contribution in [2.75, 3.05) is 30.5 Å². The second-order valence-corrected chi connectivity index (χ2v) is 5.58. The Kier molecular flexibility index (Phi) is 4.73. The Morgan fingerprint density at radius 3 is 2.73 bits per heavy atom. The molecule has 0 aromatic carbocycles. The lowest BCUT2D eigenvalue weighted by Crippen LogP contribution is -2.19. The second kappa shape index (κ2) is 5.61. The minimum absolute atomic E-state index is 0.666. The summed E-state index contributed by atoms with van der Waals surface area (Å²) in [7, 11) is 2.11. The van der Waals surface area contributed by atoms with Gasteiger partial charge in [0.25, 0.3) is 0 Å². The summed E-state index contributed by atoms with van der Waals surface area (Å²) >= 11 is 3.16. The topological polar surface area (TPSA) is 42.1 Å². The van der Waals surface area contributed by atoms with Gasteiger partial charge in [-0.15, -0.1) is 11.8 Å². The van der Waals surface area contributed by atoms with E-state index >= 15 is 0 Å². The van der Waals surface area contributed by atoms with Gasteiger partial charge in [-0.05, 0) is 30.1 Å². The summed E-state index contributed by atoms with van der Waals surface area (Å²) in [6, 6.07) is 0. The first-order valence-corrected chi connectivity index (χ1v) is 7.06. The van der Waals surface area contributed by atoms with E-state index in [1.165, 1.54) is 23.0 Å². The minimum Gasteiger partial charge on any atom is -0.382 e. The Morgan fingerprint density at radius 2 is 2.20 bits per heavy atom. The first kappa shape index (κ1) is 12.6. The van der Waals surface area contributed by atoms with Crippen LogP contribution < -0.4 is 10.6 Å². The number of aromatic nitrogens is 1. The van der Waals surface area contributed by atoms with Gasteiger partial charge in [-0.25, -0.2) is 0 Å². The van der Waals surface area contributed by atoms with E-state index in [2.05, 4.69) is 30.2 Å². The number of anilines is 2. The zero-order valence-corrected chi connectivity index (χ0v) is 11.4. The third-order valence-electron chi connectivity index (χ3n) is 2.25. The zero-order valence-electron chi connectivity index (χ0n) is 9.78. The van der Waals surface area contributed by atoms with Crippen LogP contribution in [0.25, 0.3) is 0 Å². The average molecular weight is 245 g/mol. The molecule has 0 saturated heterocycles. The van der Waals surface area contributed by atoms with Crippen molar-refractivity contribution in [3.63, 3.8) is 0 Å². The molecule has 0 spiro atoms. The Balaban J connectivity index is 2.68. The molecule has 5 heteroatoms. The standard InChI is InChI=1S/C10H19N3S2/c1-7(2)5-6-13(3)10-8(14-4)9(11)12-15-10/h7H,5-6H2,1-4H3,(H2,11,12). The molecule has 86 valence electrons. The number of hydrogen-bond acceptors (Lipinski definition) is 5. The van der Waals surface area contributed by atoms with Gasteiger partial charge in [0.2, 0.25) is 0 Å². The van der Waals surface area contributed by atoms with Crippen LogP contribution in [0.5, 0.6) is 0 Å². The number of rotatable bonds is 5. The molecule has 0 amide bonds. The summed E-state index contributed by atoms with van der Waals surface area (Å²) in [4.78, 5) is 3.37. The monoisotopic (exact) mass is 245 g/mol. The molecular formula is C10H19N3S2. The second-order valence-electron chi connectivity index (χ2n) is 4.01. The summed E-state index contributed by atoms with van der Waals surface area (Å²) < 4.78 is 4.19. The van der Waals surface area contributed by atoms with E-state index < -0.39 is 0 Å². The van der Waals surface area contributed by atoms with Crippen molar-refractivity contribution in [3.8, 4) is 0 Å². The summed E-state index contributed by atoms with van der Waals surface area (Å²) in [5, 5.41) is 1.20. The van der Waals surface area contributed by atoms with E-state index in [-0.39, 0.29) is 0 Å². The van der Waals surface area contributed by atoms with E-state index in [1.54, 1.807) is 11.8 Å². The lowest BCUT2D eigenvalue weighted by molar-refractivity contribution is 0.585. The van der Waals surface area contributed by atoms with Crippen molar-refractivity contribution >= 4 is 34.1 Å². The van der Waals surface area contributed by atoms with Crippen LogP contribution in [-0.4, -0.2) is 24.2 Å². The van der Waals surface area contributed by atoms with Crippen LogP contribution in [0.15, 0.2) is 4.90 Å². The summed E-state index contributed by atoms with van der Waals surface area (Å²) in [5.41, 5.74) is 5.80. The Hall–Kier alpha value is -0.420. The highest BCUT2D eigenvalue weighted by Gasteiger charge is 2.14. The maximum absolute atomic E-state index is 5.80. The van der Waals surface area contributed by atoms with Gasteiger partial charge < -0.3 is 10.6 Å². The maximum Gasteiger partial charge on any atom is 0.153 e. The molecule has 0 radical (unpaired) electrons. The van der Waals surface area contributed by atoms with Gasteiger partial charge >= 0.3 is 0 Å². The van der Waals surface area contributed by atoms with Gasteiger partial charge in [-0.2, -0.15) is 4.37 Å². The largest absolute Gasteiger partial charge is 0.382 e. The van der Waals surface area contributed by atoms with Crippen molar-refractivity contribution in [3.05, 3.63) is 0 Å². The van der Waals surface area contributed by atoms with Crippen LogP contribution in [0.4, 0.5) is 10.8 Å². The van der Waals surface area contributed by atoms with Crippen LogP contribution in [-0.2, 0) is 0 Å². The van der Waals surface area contributed by atoms with Crippen molar-refractivity contribution in [2.45, 2.75) is 25.2 Å². The first-order valence-electron chi connectivity index (χ1n) is 5.06. The number of nitrogens with two attached hydrogens (primary N) is 1. The molecular weight excluding hydrogens is 226 g/mol. The van der Waals surface area contributed by atoms with Crippen molar-refractivity contribution in [1.82, 2.24) is 4.37 Å². The van der Waals surface area contributed by atoms with Crippen LogP contribution in [0.3, 0.4) is 0 Å². The molecule has 0 unspecified atom stereocenters. The molecule has 0 aliphatic heterocycles. The first-order chi connectivity index (χ1) is 7.06. The third kappa shape index (κ3) is 3.28. The third-order valence-corrected chi connectivity index (χ3v) is 4.17. The van der Waals surface area contributed by atoms with Gasteiger partial charge in [0.05, 0.1) is 4.90 Å². The van der Waals surface area contributed by atoms with Gasteiger partial charge in [0.1, 0.15) is 5.00 Å². The lowest BCUT2D eigenvalue weighted by atomic mass is 10.1. The fourth-order valence-corrected chi connectivity index (χ4v) is 2.97. The highest BCUT2D eigenvalue weighted by atomic mass is 32.2. The average Bonchev–Trinajstić information content (AvgIpc) is 2.55. The molecule has 0 saturated carbocycles. The molecule has 0 fully saturated rings. The maximum atomic E-state index is 5.80. The molecule has 1 aromatic rings. The lowest BCUT2D eigenvalue weighted by Gasteiger charge is -2.19. The highest BCUT2D eigenvalue weighted by Crippen LogP contribution is 2.36. The summed E-state index contributed by atoms with van der Waals surface area (Å²) in [5.74, 6) is 1.40. The number of hydrogen-bond donors (Lipinski definition) is 1. The minimum atomic E-state index is 0.666. The normalized spacial score (nSPS) is 11.0. The number of thioether (sulfide) groups is 1. The highest BCUT2D eigenvalue weighted by molar-refractivity contribution is 7.99. The van der Waals surface area contributed by atoms with E-state index in [1.807, 2.05) is 6.26 Å². The summed E-state index contributed by atoms with van der Waals surface area (Å²) in [6.07, 6.45) is 3.24. The van der Waals surface area contributed by atoms with E-state index in [9.17, 15) is 0 Å². The quantitative estimate of drug-likeness (QED) is 0.810. The van der Waals surface area contributed by atoms with Crippen LogP contribution in [0.1, 0.15) is 20.3 Å². The van der Waals surface area contributed by atoms with Crippen LogP contribution in [0, 0.1) is 5.92 Å². The zero-order chi connectivity index (χ0) is 11.4. The fourth-order valence-electron chi connectivity index (χ4n) is 1.27. The van der Waals surface area contributed by atoms with Crippen molar-refractivity contribution < 1.29 is 0 Å². The predicted molar refractivity (Wildman–Crippen MR) is 71.0 cm³/mol. The Labute approximate surface area is 100 Å². The molecule has 15 heavy (non-hydrogen) atoms. The van der Waals surface area contributed by atoms with Gasteiger partial charge in [0, 0.05) is 13.6 Å². The molecule has 0 atom stereocenters. The van der Waals surface area contributed by atoms with Gasteiger partial charge in [0.15, 0.2) is 5.82 Å². The van der Waals surface area contributed by atoms with E-state index in [4.69, 9.17) is 5.73 Å². The molecule has 1 aromatic heterocycles. The number of nitrogen functional groups attached to an aromatic ring is 1. The van der Waals surface area contributed by atoms with Crippen LogP contribution in [0.2, 0.25) is 0 Å². The predicted octanol–water partition coefficient (Wildman–Crippen LogP) is 2.93. The van der Waals surface area contributed by atoms with Crippen molar-refractivity contribution in [2.24, 2.45) is 5.92 Å². The van der Waals surface area contributed by atoms with E-state index in [0.29, 0.717) is 5.82 Å². The fraction of sp³-hybridized carbons (Fsp3) is 0.700. The molecule has 0 aliphatic carbocycles. The Morgan fingerprint density at radius 1 is 1.53 bits per heavy atom. The smallest absolute Gasteiger partial charge is 0.153 e. The molecule has 0 bridgehead atoms. The molecule has 1 heterocycles. The van der Waals surface area contributed by atoms with Gasteiger partial charge in [-0.3, -0.25) is 0 Å². The van der Waals surface area contributed by atoms with Gasteiger partial charge in [-0.1, -0.05) is 13.8 Å². The molecule has 2 N–H and O–H groups in total. The SMILES string of the molecule is CSc1c(N)nsc1N(C)CCC(C)C. The molecule has 3 nitrogen and oxygen atoms in total. The molecule has 1 rings (SSSR count). The Bertz CT molecular complexity index is 310. The van der Waals surface area contributed by atoms with Crippen molar-refractivity contribution in [1.29, 1.82) is 0 Å². The summed E-state index contributed by atoms with van der Waals surface area (Å²) in [6.45, 7) is 5.54. The molecule has 0 aliphatic rings. The van der Waals surface area contributed by atoms with Crippen LogP contribution >= 0.6 is 23.3 Å².